The molecule has 0 saturated carbocycles. The Balaban J connectivity index is 2.12. The van der Waals surface area contributed by atoms with Gasteiger partial charge in [-0.1, -0.05) is 17.7 Å². The van der Waals surface area contributed by atoms with E-state index >= 15 is 0 Å². The number of ether oxygens (including phenoxy) is 1. The average molecular weight is 404 g/mol. The first-order valence-corrected chi connectivity index (χ1v) is 10.0. The number of amides is 1. The number of hydrogen-bond acceptors (Lipinski definition) is 5. The first-order valence-electron chi connectivity index (χ1n) is 8.58. The minimum absolute atomic E-state index is 0.218. The first-order chi connectivity index (χ1) is 13.1. The van der Waals surface area contributed by atoms with Gasteiger partial charge in [0.25, 0.3) is 0 Å². The number of esters is 1. The molecule has 0 spiro atoms. The van der Waals surface area contributed by atoms with Crippen molar-refractivity contribution < 1.29 is 22.7 Å². The molecule has 0 radical (unpaired) electrons. The molecule has 7 nitrogen and oxygen atoms in total. The molecule has 0 aromatic heterocycles. The zero-order valence-corrected chi connectivity index (χ0v) is 17.4. The van der Waals surface area contributed by atoms with Gasteiger partial charge in [-0.3, -0.25) is 4.79 Å². The summed E-state index contributed by atoms with van der Waals surface area (Å²) < 4.78 is 31.5. The van der Waals surface area contributed by atoms with Gasteiger partial charge in [-0.05, 0) is 56.2 Å². The van der Waals surface area contributed by atoms with Crippen molar-refractivity contribution in [3.05, 3.63) is 58.7 Å². The number of sulfonamides is 1. The number of likely N-dealkylation sites (N-methyl/N-ethyl adjacent to an activating group) is 1. The van der Waals surface area contributed by atoms with E-state index in [0.29, 0.717) is 22.4 Å². The molecule has 0 unspecified atom stereocenters. The second kappa shape index (κ2) is 8.53. The Morgan fingerprint density at radius 3 is 2.07 bits per heavy atom. The van der Waals surface area contributed by atoms with Crippen LogP contribution in [0.25, 0.3) is 0 Å². The summed E-state index contributed by atoms with van der Waals surface area (Å²) in [5.41, 5.74) is 3.06. The van der Waals surface area contributed by atoms with Crippen LogP contribution in [0.15, 0.2) is 41.3 Å². The molecule has 150 valence electrons. The number of rotatable bonds is 6. The highest BCUT2D eigenvalue weighted by atomic mass is 32.2. The summed E-state index contributed by atoms with van der Waals surface area (Å²) in [5, 5.41) is 2.62. The number of hydrogen-bond donors (Lipinski definition) is 1. The molecule has 1 amide bonds. The van der Waals surface area contributed by atoms with Gasteiger partial charge in [0.1, 0.15) is 0 Å². The van der Waals surface area contributed by atoms with E-state index in [1.807, 2.05) is 6.92 Å². The lowest BCUT2D eigenvalue weighted by Crippen LogP contribution is -2.35. The summed E-state index contributed by atoms with van der Waals surface area (Å²) in [4.78, 5) is 23.9. The molecule has 1 N–H and O–H groups in total. The molecule has 28 heavy (non-hydrogen) atoms. The maximum absolute atomic E-state index is 12.9. The van der Waals surface area contributed by atoms with Crippen LogP contribution >= 0.6 is 0 Å². The predicted molar refractivity (Wildman–Crippen MR) is 107 cm³/mol. The third-order valence-corrected chi connectivity index (χ3v) is 6.34. The smallest absolute Gasteiger partial charge is 0.337 e. The van der Waals surface area contributed by atoms with Gasteiger partial charge in [0.05, 0.1) is 24.1 Å². The number of nitrogens with zero attached hydrogens (tertiary/aromatic N) is 1. The molecule has 2 aromatic rings. The van der Waals surface area contributed by atoms with Crippen LogP contribution in [0.4, 0.5) is 5.69 Å². The average Bonchev–Trinajstić information content (AvgIpc) is 2.60. The SMILES string of the molecule is COC(=O)c1ccc(NC(=O)CN(C)S(=O)(=O)c2c(C)cc(C)cc2C)cc1. The summed E-state index contributed by atoms with van der Waals surface area (Å²) >= 11 is 0. The Bertz CT molecular complexity index is 975. The van der Waals surface area contributed by atoms with Crippen molar-refractivity contribution in [1.82, 2.24) is 4.31 Å². The van der Waals surface area contributed by atoms with Crippen LogP contribution in [-0.4, -0.2) is 45.3 Å². The summed E-state index contributed by atoms with van der Waals surface area (Å²) in [6.07, 6.45) is 0. The Morgan fingerprint density at radius 1 is 1.04 bits per heavy atom. The molecule has 0 fully saturated rings. The quantitative estimate of drug-likeness (QED) is 0.747. The molecule has 0 saturated heterocycles. The Labute approximate surface area is 165 Å². The number of nitrogens with one attached hydrogen (secondary N) is 1. The van der Waals surface area contributed by atoms with Crippen LogP contribution in [0, 0.1) is 20.8 Å². The molecule has 0 aliphatic carbocycles. The molecule has 0 aliphatic rings. The fourth-order valence-corrected chi connectivity index (χ4v) is 4.56. The maximum Gasteiger partial charge on any atom is 0.337 e. The number of benzene rings is 2. The second-order valence-corrected chi connectivity index (χ2v) is 8.59. The predicted octanol–water partition coefficient (Wildman–Crippen LogP) is 2.66. The van der Waals surface area contributed by atoms with Crippen LogP contribution in [0.2, 0.25) is 0 Å². The normalized spacial score (nSPS) is 11.4. The van der Waals surface area contributed by atoms with Gasteiger partial charge in [0, 0.05) is 12.7 Å². The minimum atomic E-state index is -3.81. The molecule has 8 heteroatoms. The van der Waals surface area contributed by atoms with E-state index in [1.165, 1.54) is 26.3 Å². The summed E-state index contributed by atoms with van der Waals surface area (Å²) in [6, 6.07) is 9.73. The fraction of sp³-hybridized carbons (Fsp3) is 0.300. The van der Waals surface area contributed by atoms with Gasteiger partial charge in [-0.15, -0.1) is 0 Å². The molecule has 0 heterocycles. The van der Waals surface area contributed by atoms with E-state index in [2.05, 4.69) is 10.1 Å². The van der Waals surface area contributed by atoms with Gasteiger partial charge in [0.2, 0.25) is 15.9 Å². The van der Waals surface area contributed by atoms with Gasteiger partial charge < -0.3 is 10.1 Å². The summed E-state index contributed by atoms with van der Waals surface area (Å²) in [6.45, 7) is 5.04. The van der Waals surface area contributed by atoms with E-state index < -0.39 is 21.9 Å². The van der Waals surface area contributed by atoms with E-state index in [9.17, 15) is 18.0 Å². The highest BCUT2D eigenvalue weighted by Gasteiger charge is 2.26. The lowest BCUT2D eigenvalue weighted by atomic mass is 10.1. The van der Waals surface area contributed by atoms with E-state index in [-0.39, 0.29) is 11.4 Å². The summed E-state index contributed by atoms with van der Waals surface area (Å²) in [5.74, 6) is -0.966. The van der Waals surface area contributed by atoms with Crippen molar-refractivity contribution >= 4 is 27.6 Å². The minimum Gasteiger partial charge on any atom is -0.465 e. The topological polar surface area (TPSA) is 92.8 Å². The fourth-order valence-electron chi connectivity index (χ4n) is 3.02. The molecule has 2 aromatic carbocycles. The molecule has 0 aliphatic heterocycles. The Morgan fingerprint density at radius 2 is 1.57 bits per heavy atom. The van der Waals surface area contributed by atoms with E-state index in [1.54, 1.807) is 38.1 Å². The van der Waals surface area contributed by atoms with Crippen molar-refractivity contribution in [2.45, 2.75) is 25.7 Å². The van der Waals surface area contributed by atoms with Crippen LogP contribution < -0.4 is 5.32 Å². The lowest BCUT2D eigenvalue weighted by Gasteiger charge is -2.20. The molecular weight excluding hydrogens is 380 g/mol. The number of anilines is 1. The van der Waals surface area contributed by atoms with E-state index in [4.69, 9.17) is 0 Å². The van der Waals surface area contributed by atoms with Gasteiger partial charge in [-0.2, -0.15) is 4.31 Å². The highest BCUT2D eigenvalue weighted by molar-refractivity contribution is 7.89. The molecule has 0 atom stereocenters. The van der Waals surface area contributed by atoms with Crippen molar-refractivity contribution in [2.75, 3.05) is 26.0 Å². The monoisotopic (exact) mass is 404 g/mol. The zero-order valence-electron chi connectivity index (χ0n) is 16.6. The lowest BCUT2D eigenvalue weighted by molar-refractivity contribution is -0.116. The molecular formula is C20H24N2O5S. The third-order valence-electron chi connectivity index (χ3n) is 4.23. The number of methoxy groups -OCH3 is 1. The van der Waals surface area contributed by atoms with E-state index in [0.717, 1.165) is 9.87 Å². The van der Waals surface area contributed by atoms with Crippen LogP contribution in [0.5, 0.6) is 0 Å². The van der Waals surface area contributed by atoms with Crippen LogP contribution in [0.3, 0.4) is 0 Å². The van der Waals surface area contributed by atoms with Crippen molar-refractivity contribution in [3.63, 3.8) is 0 Å². The Kier molecular flexibility index (Phi) is 6.58. The maximum atomic E-state index is 12.9. The van der Waals surface area contributed by atoms with Gasteiger partial charge >= 0.3 is 5.97 Å². The standard InChI is InChI=1S/C20H24N2O5S/c1-13-10-14(2)19(15(3)11-13)28(25,26)22(4)12-18(23)21-17-8-6-16(7-9-17)20(24)27-5/h6-11H,12H2,1-5H3,(H,21,23). The molecule has 2 rings (SSSR count). The summed E-state index contributed by atoms with van der Waals surface area (Å²) in [7, 11) is -1.16. The molecule has 0 bridgehead atoms. The number of carbonyl (C=O) groups excluding carboxylic acids is 2. The Hall–Kier alpha value is -2.71. The van der Waals surface area contributed by atoms with Crippen molar-refractivity contribution in [2.24, 2.45) is 0 Å². The second-order valence-electron chi connectivity index (χ2n) is 6.61. The van der Waals surface area contributed by atoms with Crippen LogP contribution in [-0.2, 0) is 19.6 Å². The van der Waals surface area contributed by atoms with Crippen LogP contribution in [0.1, 0.15) is 27.0 Å². The largest absolute Gasteiger partial charge is 0.465 e. The van der Waals surface area contributed by atoms with Crippen molar-refractivity contribution in [1.29, 1.82) is 0 Å². The number of aryl methyl sites for hydroxylation is 3. The number of carbonyl (C=O) groups is 2. The highest BCUT2D eigenvalue weighted by Crippen LogP contribution is 2.24. The van der Waals surface area contributed by atoms with Crippen molar-refractivity contribution in [3.8, 4) is 0 Å². The zero-order chi connectivity index (χ0) is 21.1. The van der Waals surface area contributed by atoms with Gasteiger partial charge in [-0.25, -0.2) is 13.2 Å². The third kappa shape index (κ3) is 4.76. The van der Waals surface area contributed by atoms with Gasteiger partial charge in [0.15, 0.2) is 0 Å². The first kappa shape index (κ1) is 21.6.